The van der Waals surface area contributed by atoms with Gasteiger partial charge in [0, 0.05) is 25.0 Å². The molecule has 4 aliphatic carbocycles. The average molecular weight is 284 g/mol. The first-order chi connectivity index (χ1) is 10.1. The molecule has 0 spiro atoms. The number of nitrogens with zero attached hydrogens (tertiary/aromatic N) is 1. The molecule has 4 saturated carbocycles. The van der Waals surface area contributed by atoms with Gasteiger partial charge in [-0.2, -0.15) is 4.57 Å². The first-order valence-electron chi connectivity index (χ1n) is 8.59. The summed E-state index contributed by atoms with van der Waals surface area (Å²) in [6, 6.07) is 4.28. The molecule has 4 bridgehead atoms. The van der Waals surface area contributed by atoms with Crippen molar-refractivity contribution in [2.45, 2.75) is 52.5 Å². The first-order valence-corrected chi connectivity index (χ1v) is 8.59. The van der Waals surface area contributed by atoms with E-state index in [2.05, 4.69) is 36.7 Å². The fraction of sp³-hybridized carbons (Fsp3) is 0.684. The van der Waals surface area contributed by atoms with Gasteiger partial charge in [-0.05, 0) is 68.3 Å². The zero-order valence-electron chi connectivity index (χ0n) is 13.2. The monoisotopic (exact) mass is 284 g/mol. The predicted molar refractivity (Wildman–Crippen MR) is 81.7 cm³/mol. The maximum atomic E-state index is 12.9. The molecule has 0 aromatic carbocycles. The summed E-state index contributed by atoms with van der Waals surface area (Å²) in [5.74, 6) is 4.18. The number of rotatable bonds is 3. The molecule has 0 amide bonds. The van der Waals surface area contributed by atoms with Gasteiger partial charge in [-0.25, -0.2) is 0 Å². The van der Waals surface area contributed by atoms with Crippen LogP contribution in [0.25, 0.3) is 0 Å². The molecule has 2 nitrogen and oxygen atoms in total. The van der Waals surface area contributed by atoms with E-state index in [1.807, 2.05) is 0 Å². The molecular weight excluding hydrogens is 258 g/mol. The van der Waals surface area contributed by atoms with Crippen LogP contribution in [0.4, 0.5) is 0 Å². The second-order valence-corrected chi connectivity index (χ2v) is 7.90. The molecule has 4 fully saturated rings. The highest BCUT2D eigenvalue weighted by Gasteiger charge is 2.51. The molecule has 5 rings (SSSR count). The van der Waals surface area contributed by atoms with Crippen molar-refractivity contribution >= 4 is 5.78 Å². The smallest absolute Gasteiger partial charge is 0.207 e. The maximum Gasteiger partial charge on any atom is 0.207 e. The lowest BCUT2D eigenvalue weighted by molar-refractivity contribution is -0.690. The highest BCUT2D eigenvalue weighted by Crippen LogP contribution is 2.56. The third-order valence-electron chi connectivity index (χ3n) is 6.33. The van der Waals surface area contributed by atoms with Crippen LogP contribution in [0.3, 0.4) is 0 Å². The number of carbonyl (C=O) groups is 1. The minimum Gasteiger partial charge on any atom is -0.292 e. The van der Waals surface area contributed by atoms with Gasteiger partial charge in [0.25, 0.3) is 0 Å². The molecule has 21 heavy (non-hydrogen) atoms. The Bertz CT molecular complexity index is 549. The van der Waals surface area contributed by atoms with Crippen LogP contribution in [0.1, 0.15) is 43.4 Å². The lowest BCUT2D eigenvalue weighted by Crippen LogP contribution is -2.51. The average Bonchev–Trinajstić information content (AvgIpc) is 2.40. The Morgan fingerprint density at radius 3 is 2.29 bits per heavy atom. The third kappa shape index (κ3) is 2.33. The Hall–Kier alpha value is -1.18. The Morgan fingerprint density at radius 2 is 1.71 bits per heavy atom. The second kappa shape index (κ2) is 4.93. The Morgan fingerprint density at radius 1 is 1.10 bits per heavy atom. The quantitative estimate of drug-likeness (QED) is 0.781. The first kappa shape index (κ1) is 13.5. The molecule has 0 aliphatic heterocycles. The summed E-state index contributed by atoms with van der Waals surface area (Å²) < 4.78 is 2.14. The molecular formula is C19H26NO+. The molecule has 0 unspecified atom stereocenters. The van der Waals surface area contributed by atoms with E-state index < -0.39 is 0 Å². The molecule has 0 radical (unpaired) electrons. The van der Waals surface area contributed by atoms with Gasteiger partial charge in [0.15, 0.2) is 11.9 Å². The van der Waals surface area contributed by atoms with Crippen molar-refractivity contribution < 1.29 is 9.36 Å². The molecule has 0 saturated heterocycles. The van der Waals surface area contributed by atoms with E-state index in [1.165, 1.54) is 43.4 Å². The molecule has 0 atom stereocenters. The number of aromatic nitrogens is 1. The summed E-state index contributed by atoms with van der Waals surface area (Å²) in [6.07, 6.45) is 8.88. The standard InChI is InChI=1S/C19H26NO/c1-12-3-4-20(13(2)5-12)11-18(21)19-16-7-14-6-15(9-16)10-17(19)8-14/h3-5,14-17,19H,6-11H2,1-2H3/q+1. The van der Waals surface area contributed by atoms with Crippen LogP contribution in [0, 0.1) is 43.4 Å². The third-order valence-corrected chi connectivity index (χ3v) is 6.33. The fourth-order valence-electron chi connectivity index (χ4n) is 5.69. The van der Waals surface area contributed by atoms with E-state index in [-0.39, 0.29) is 0 Å². The lowest BCUT2D eigenvalue weighted by Gasteiger charge is -2.53. The summed E-state index contributed by atoms with van der Waals surface area (Å²) in [7, 11) is 0. The molecule has 0 N–H and O–H groups in total. The Kier molecular flexibility index (Phi) is 3.16. The number of ketones is 1. The van der Waals surface area contributed by atoms with Gasteiger partial charge in [0.1, 0.15) is 0 Å². The summed E-state index contributed by atoms with van der Waals surface area (Å²) in [5.41, 5.74) is 2.47. The van der Waals surface area contributed by atoms with Crippen molar-refractivity contribution in [3.05, 3.63) is 29.6 Å². The fourth-order valence-corrected chi connectivity index (χ4v) is 5.69. The van der Waals surface area contributed by atoms with Gasteiger partial charge in [-0.15, -0.1) is 0 Å². The summed E-state index contributed by atoms with van der Waals surface area (Å²) in [4.78, 5) is 12.9. The SMILES string of the molecule is Cc1cc[n+](CC(=O)C2C3CC4CC(C3)CC2C4)c(C)c1. The van der Waals surface area contributed by atoms with Gasteiger partial charge in [-0.3, -0.25) is 4.79 Å². The topological polar surface area (TPSA) is 20.9 Å². The highest BCUT2D eigenvalue weighted by atomic mass is 16.1. The number of Topliss-reactive ketones (excluding diaryl/α,β-unsaturated/α-hetero) is 1. The highest BCUT2D eigenvalue weighted by molar-refractivity contribution is 5.80. The van der Waals surface area contributed by atoms with E-state index in [4.69, 9.17) is 0 Å². The minimum atomic E-state index is 0.367. The lowest BCUT2D eigenvalue weighted by atomic mass is 9.51. The van der Waals surface area contributed by atoms with Crippen LogP contribution in [0.2, 0.25) is 0 Å². The van der Waals surface area contributed by atoms with Crippen molar-refractivity contribution in [3.63, 3.8) is 0 Å². The van der Waals surface area contributed by atoms with E-state index in [1.54, 1.807) is 0 Å². The second-order valence-electron chi connectivity index (χ2n) is 7.90. The van der Waals surface area contributed by atoms with Crippen molar-refractivity contribution in [1.29, 1.82) is 0 Å². The summed E-state index contributed by atoms with van der Waals surface area (Å²) in [6.45, 7) is 4.80. The number of carbonyl (C=O) groups excluding carboxylic acids is 1. The van der Waals surface area contributed by atoms with Gasteiger partial charge >= 0.3 is 0 Å². The van der Waals surface area contributed by atoms with E-state index >= 15 is 0 Å². The van der Waals surface area contributed by atoms with Crippen LogP contribution in [-0.2, 0) is 11.3 Å². The van der Waals surface area contributed by atoms with Crippen molar-refractivity contribution in [3.8, 4) is 0 Å². The van der Waals surface area contributed by atoms with Gasteiger partial charge in [0.05, 0.1) is 0 Å². The molecule has 112 valence electrons. The van der Waals surface area contributed by atoms with Crippen LogP contribution in [0.5, 0.6) is 0 Å². The van der Waals surface area contributed by atoms with Crippen molar-refractivity contribution in [2.24, 2.45) is 29.6 Å². The van der Waals surface area contributed by atoms with Crippen LogP contribution in [-0.4, -0.2) is 5.78 Å². The van der Waals surface area contributed by atoms with Crippen molar-refractivity contribution in [1.82, 2.24) is 0 Å². The molecule has 1 aromatic heterocycles. The zero-order chi connectivity index (χ0) is 14.6. The van der Waals surface area contributed by atoms with Crippen LogP contribution in [0.15, 0.2) is 18.3 Å². The summed E-state index contributed by atoms with van der Waals surface area (Å²) in [5, 5.41) is 0. The predicted octanol–water partition coefficient (Wildman–Crippen LogP) is 3.23. The molecule has 1 heterocycles. The van der Waals surface area contributed by atoms with Gasteiger partial charge < -0.3 is 0 Å². The molecule has 1 aromatic rings. The normalized spacial score (nSPS) is 37.0. The number of hydrogen-bond donors (Lipinski definition) is 0. The summed E-state index contributed by atoms with van der Waals surface area (Å²) >= 11 is 0. The molecule has 2 heteroatoms. The van der Waals surface area contributed by atoms with Gasteiger partial charge in [-0.1, -0.05) is 0 Å². The van der Waals surface area contributed by atoms with E-state index in [0.29, 0.717) is 30.1 Å². The van der Waals surface area contributed by atoms with Gasteiger partial charge in [0.2, 0.25) is 12.3 Å². The number of hydrogen-bond acceptors (Lipinski definition) is 1. The van der Waals surface area contributed by atoms with Crippen LogP contribution >= 0.6 is 0 Å². The maximum absolute atomic E-state index is 12.9. The molecule has 4 aliphatic rings. The largest absolute Gasteiger partial charge is 0.292 e. The Labute approximate surface area is 127 Å². The van der Waals surface area contributed by atoms with Crippen molar-refractivity contribution in [2.75, 3.05) is 0 Å². The number of aryl methyl sites for hydroxylation is 2. The minimum absolute atomic E-state index is 0.367. The zero-order valence-corrected chi connectivity index (χ0v) is 13.2. The van der Waals surface area contributed by atoms with E-state index in [9.17, 15) is 4.79 Å². The Balaban J connectivity index is 1.52. The van der Waals surface area contributed by atoms with Crippen LogP contribution < -0.4 is 4.57 Å². The number of pyridine rings is 1. The van der Waals surface area contributed by atoms with E-state index in [0.717, 1.165) is 11.8 Å².